The van der Waals surface area contributed by atoms with Crippen LogP contribution in [0, 0.1) is 13.8 Å². The number of benzene rings is 2. The molecule has 5 heteroatoms. The Kier molecular flexibility index (Phi) is 6.16. The molecule has 1 saturated heterocycles. The molecule has 0 radical (unpaired) electrons. The molecule has 1 fully saturated rings. The second kappa shape index (κ2) is 8.97. The highest BCUT2D eigenvalue weighted by Gasteiger charge is 2.16. The number of thioether (sulfide) groups is 1. The zero-order chi connectivity index (χ0) is 20.2. The zero-order valence-electron chi connectivity index (χ0n) is 17.1. The van der Waals surface area contributed by atoms with Gasteiger partial charge in [-0.1, -0.05) is 36.4 Å². The van der Waals surface area contributed by atoms with Crippen molar-refractivity contribution in [1.29, 1.82) is 0 Å². The van der Waals surface area contributed by atoms with Crippen LogP contribution in [0.3, 0.4) is 0 Å². The number of carbonyl (C=O) groups is 1. The average Bonchev–Trinajstić information content (AvgIpc) is 2.73. The number of hydrogen-bond donors (Lipinski definition) is 1. The Morgan fingerprint density at radius 3 is 2.62 bits per heavy atom. The fraction of sp³-hybridized carbons (Fsp3) is 0.333. The minimum absolute atomic E-state index is 0.00920. The van der Waals surface area contributed by atoms with Gasteiger partial charge in [0.1, 0.15) is 0 Å². The molecule has 1 aliphatic heterocycles. The van der Waals surface area contributed by atoms with Gasteiger partial charge in [-0.05, 0) is 42.7 Å². The zero-order valence-corrected chi connectivity index (χ0v) is 17.9. The predicted octanol–water partition coefficient (Wildman–Crippen LogP) is 4.58. The van der Waals surface area contributed by atoms with E-state index < -0.39 is 0 Å². The second-order valence-electron chi connectivity index (χ2n) is 7.59. The smallest absolute Gasteiger partial charge is 0.228 e. The van der Waals surface area contributed by atoms with E-state index in [4.69, 9.17) is 4.98 Å². The summed E-state index contributed by atoms with van der Waals surface area (Å²) >= 11 is 2.01. The lowest BCUT2D eigenvalue weighted by Crippen LogP contribution is -2.32. The molecule has 0 saturated carbocycles. The summed E-state index contributed by atoms with van der Waals surface area (Å²) in [7, 11) is 0. The van der Waals surface area contributed by atoms with Crippen molar-refractivity contribution in [3.63, 3.8) is 0 Å². The van der Waals surface area contributed by atoms with Crippen molar-refractivity contribution in [2.75, 3.05) is 29.9 Å². The monoisotopic (exact) mass is 405 g/mol. The SMILES string of the molecule is Cc1nc2ccccc2c(C)c1CC(=O)Nc1ccccc1CN1CCSCC1. The Labute approximate surface area is 176 Å². The maximum Gasteiger partial charge on any atom is 0.228 e. The van der Waals surface area contributed by atoms with E-state index >= 15 is 0 Å². The third kappa shape index (κ3) is 4.62. The lowest BCUT2D eigenvalue weighted by atomic mass is 9.99. The first kappa shape index (κ1) is 19.9. The molecule has 0 spiro atoms. The topological polar surface area (TPSA) is 45.2 Å². The van der Waals surface area contributed by atoms with Crippen LogP contribution in [0.4, 0.5) is 5.69 Å². The standard InChI is InChI=1S/C24H27N3OS/c1-17-20-8-4-6-10-23(20)25-18(2)21(17)15-24(28)26-22-9-5-3-7-19(22)16-27-11-13-29-14-12-27/h3-10H,11-16H2,1-2H3,(H,26,28). The number of carbonyl (C=O) groups excluding carboxylic acids is 1. The molecule has 1 aliphatic rings. The van der Waals surface area contributed by atoms with Crippen LogP contribution in [0.1, 0.15) is 22.4 Å². The summed E-state index contributed by atoms with van der Waals surface area (Å²) in [6.07, 6.45) is 0.337. The van der Waals surface area contributed by atoms with Gasteiger partial charge in [-0.25, -0.2) is 0 Å². The van der Waals surface area contributed by atoms with Gasteiger partial charge in [-0.2, -0.15) is 11.8 Å². The van der Waals surface area contributed by atoms with Crippen molar-refractivity contribution in [2.45, 2.75) is 26.8 Å². The number of amides is 1. The number of rotatable bonds is 5. The summed E-state index contributed by atoms with van der Waals surface area (Å²) in [6.45, 7) is 7.17. The first-order valence-corrected chi connectivity index (χ1v) is 11.3. The number of para-hydroxylation sites is 2. The van der Waals surface area contributed by atoms with Gasteiger partial charge in [0.05, 0.1) is 11.9 Å². The summed E-state index contributed by atoms with van der Waals surface area (Å²) in [6, 6.07) is 16.3. The van der Waals surface area contributed by atoms with Crippen LogP contribution in [0.15, 0.2) is 48.5 Å². The molecule has 2 heterocycles. The Hall–Kier alpha value is -2.37. The number of hydrogen-bond acceptors (Lipinski definition) is 4. The van der Waals surface area contributed by atoms with E-state index in [0.717, 1.165) is 53.0 Å². The summed E-state index contributed by atoms with van der Waals surface area (Å²) in [5, 5.41) is 4.27. The van der Waals surface area contributed by atoms with Gasteiger partial charge in [0.2, 0.25) is 5.91 Å². The number of aryl methyl sites for hydroxylation is 2. The third-order valence-corrected chi connectivity index (χ3v) is 6.55. The van der Waals surface area contributed by atoms with Crippen molar-refractivity contribution >= 4 is 34.3 Å². The molecule has 29 heavy (non-hydrogen) atoms. The predicted molar refractivity (Wildman–Crippen MR) is 123 cm³/mol. The Balaban J connectivity index is 1.51. The van der Waals surface area contributed by atoms with Crippen LogP contribution in [0.2, 0.25) is 0 Å². The largest absolute Gasteiger partial charge is 0.325 e. The molecule has 3 aromatic rings. The number of fused-ring (bicyclic) bond motifs is 1. The molecule has 0 atom stereocenters. The van der Waals surface area contributed by atoms with Crippen molar-refractivity contribution in [1.82, 2.24) is 9.88 Å². The van der Waals surface area contributed by atoms with Gasteiger partial charge in [-0.15, -0.1) is 0 Å². The second-order valence-corrected chi connectivity index (χ2v) is 8.81. The van der Waals surface area contributed by atoms with Gasteiger partial charge in [0.15, 0.2) is 0 Å². The van der Waals surface area contributed by atoms with Crippen LogP contribution in [-0.4, -0.2) is 40.4 Å². The minimum Gasteiger partial charge on any atom is -0.325 e. The first-order valence-electron chi connectivity index (χ1n) is 10.1. The van der Waals surface area contributed by atoms with Crippen LogP contribution >= 0.6 is 11.8 Å². The number of nitrogens with zero attached hydrogens (tertiary/aromatic N) is 2. The number of anilines is 1. The van der Waals surface area contributed by atoms with Crippen LogP contribution in [0.25, 0.3) is 10.9 Å². The van der Waals surface area contributed by atoms with Gasteiger partial charge in [0, 0.05) is 47.9 Å². The van der Waals surface area contributed by atoms with E-state index in [9.17, 15) is 4.79 Å². The highest BCUT2D eigenvalue weighted by atomic mass is 32.2. The van der Waals surface area contributed by atoms with Crippen molar-refractivity contribution in [3.05, 3.63) is 70.9 Å². The summed E-state index contributed by atoms with van der Waals surface area (Å²) in [4.78, 5) is 20.1. The quantitative estimate of drug-likeness (QED) is 0.675. The summed E-state index contributed by atoms with van der Waals surface area (Å²) in [5.41, 5.74) is 6.17. The van der Waals surface area contributed by atoms with Gasteiger partial charge < -0.3 is 5.32 Å². The highest BCUT2D eigenvalue weighted by Crippen LogP contribution is 2.24. The van der Waals surface area contributed by atoms with E-state index in [1.165, 1.54) is 17.1 Å². The third-order valence-electron chi connectivity index (χ3n) is 5.61. The van der Waals surface area contributed by atoms with E-state index in [0.29, 0.717) is 6.42 Å². The van der Waals surface area contributed by atoms with Gasteiger partial charge in [0.25, 0.3) is 0 Å². The molecule has 4 rings (SSSR count). The summed E-state index contributed by atoms with van der Waals surface area (Å²) in [5.74, 6) is 2.37. The number of aromatic nitrogens is 1. The Bertz CT molecular complexity index is 1030. The lowest BCUT2D eigenvalue weighted by Gasteiger charge is -2.27. The highest BCUT2D eigenvalue weighted by molar-refractivity contribution is 7.99. The van der Waals surface area contributed by atoms with E-state index in [2.05, 4.69) is 29.3 Å². The average molecular weight is 406 g/mol. The fourth-order valence-electron chi connectivity index (χ4n) is 3.97. The van der Waals surface area contributed by atoms with E-state index in [1.807, 2.05) is 55.1 Å². The van der Waals surface area contributed by atoms with Gasteiger partial charge >= 0.3 is 0 Å². The number of nitrogens with one attached hydrogen (secondary N) is 1. The molecule has 0 aliphatic carbocycles. The molecule has 1 amide bonds. The maximum absolute atomic E-state index is 12.9. The van der Waals surface area contributed by atoms with Crippen LogP contribution in [-0.2, 0) is 17.8 Å². The normalized spacial score (nSPS) is 14.8. The molecule has 0 unspecified atom stereocenters. The molecule has 2 aromatic carbocycles. The molecule has 1 N–H and O–H groups in total. The fourth-order valence-corrected chi connectivity index (χ4v) is 4.94. The molecule has 0 bridgehead atoms. The van der Waals surface area contributed by atoms with Gasteiger partial charge in [-0.3, -0.25) is 14.7 Å². The molecule has 1 aromatic heterocycles. The van der Waals surface area contributed by atoms with Crippen LogP contribution < -0.4 is 5.32 Å². The molecular formula is C24H27N3OS. The molecule has 4 nitrogen and oxygen atoms in total. The Morgan fingerprint density at radius 1 is 1.07 bits per heavy atom. The Morgan fingerprint density at radius 2 is 1.79 bits per heavy atom. The van der Waals surface area contributed by atoms with Crippen LogP contribution in [0.5, 0.6) is 0 Å². The molecule has 150 valence electrons. The van der Waals surface area contributed by atoms with E-state index in [1.54, 1.807) is 0 Å². The first-order chi connectivity index (χ1) is 14.1. The lowest BCUT2D eigenvalue weighted by molar-refractivity contribution is -0.115. The van der Waals surface area contributed by atoms with Crippen molar-refractivity contribution in [2.24, 2.45) is 0 Å². The molecular weight excluding hydrogens is 378 g/mol. The van der Waals surface area contributed by atoms with E-state index in [-0.39, 0.29) is 5.91 Å². The van der Waals surface area contributed by atoms with Crippen molar-refractivity contribution < 1.29 is 4.79 Å². The maximum atomic E-state index is 12.9. The van der Waals surface area contributed by atoms with Crippen molar-refractivity contribution in [3.8, 4) is 0 Å². The summed E-state index contributed by atoms with van der Waals surface area (Å²) < 4.78 is 0. The minimum atomic E-state index is 0.00920. The number of pyridine rings is 1.